The molecule has 1 atom stereocenters. The summed E-state index contributed by atoms with van der Waals surface area (Å²) < 4.78 is 0.679. The molecule has 0 aromatic heterocycles. The van der Waals surface area contributed by atoms with Gasteiger partial charge in [0.25, 0.3) is 5.69 Å². The zero-order valence-corrected chi connectivity index (χ0v) is 12.0. The van der Waals surface area contributed by atoms with Crippen molar-refractivity contribution in [1.82, 2.24) is 5.32 Å². The van der Waals surface area contributed by atoms with Crippen LogP contribution in [0.3, 0.4) is 0 Å². The van der Waals surface area contributed by atoms with Gasteiger partial charge in [0.15, 0.2) is 0 Å². The van der Waals surface area contributed by atoms with E-state index in [4.69, 9.17) is 0 Å². The molecule has 1 unspecified atom stereocenters. The molecule has 1 aromatic carbocycles. The van der Waals surface area contributed by atoms with E-state index in [9.17, 15) is 15.2 Å². The highest BCUT2D eigenvalue weighted by molar-refractivity contribution is 9.10. The van der Waals surface area contributed by atoms with Crippen molar-refractivity contribution < 1.29 is 10.0 Å². The van der Waals surface area contributed by atoms with E-state index in [0.717, 1.165) is 0 Å². The molecule has 0 heterocycles. The minimum atomic E-state index is -0.788. The van der Waals surface area contributed by atoms with Crippen LogP contribution in [0, 0.1) is 10.1 Å². The maximum absolute atomic E-state index is 10.9. The van der Waals surface area contributed by atoms with Gasteiger partial charge in [-0.05, 0) is 25.5 Å². The van der Waals surface area contributed by atoms with E-state index in [-0.39, 0.29) is 5.69 Å². The highest BCUT2D eigenvalue weighted by Crippen LogP contribution is 2.23. The van der Waals surface area contributed by atoms with Gasteiger partial charge >= 0.3 is 0 Å². The number of nitrogens with zero attached hydrogens (tertiary/aromatic N) is 1. The van der Waals surface area contributed by atoms with Crippen LogP contribution < -0.4 is 5.32 Å². The number of nitrogens with one attached hydrogen (secondary N) is 1. The fraction of sp³-hybridized carbons (Fsp3) is 0.500. The minimum absolute atomic E-state index is 0.0769. The summed E-state index contributed by atoms with van der Waals surface area (Å²) in [6, 6.07) is 4.95. The molecular formula is C12H17BrN2O3. The van der Waals surface area contributed by atoms with Crippen LogP contribution in [0.25, 0.3) is 0 Å². The average Bonchev–Trinajstić information content (AvgIpc) is 2.30. The summed E-state index contributed by atoms with van der Waals surface area (Å²) in [4.78, 5) is 10.5. The monoisotopic (exact) mass is 316 g/mol. The topological polar surface area (TPSA) is 75.4 Å². The molecule has 0 fully saturated rings. The smallest absolute Gasteiger partial charge is 0.275 e. The molecule has 0 aliphatic rings. The summed E-state index contributed by atoms with van der Waals surface area (Å²) in [5.74, 6) is 0. The first kappa shape index (κ1) is 15.1. The lowest BCUT2D eigenvalue weighted by Crippen LogP contribution is -2.36. The Morgan fingerprint density at radius 3 is 2.78 bits per heavy atom. The van der Waals surface area contributed by atoms with Crippen molar-refractivity contribution in [2.45, 2.75) is 32.4 Å². The van der Waals surface area contributed by atoms with E-state index in [2.05, 4.69) is 21.2 Å². The largest absolute Gasteiger partial charge is 0.389 e. The van der Waals surface area contributed by atoms with Gasteiger partial charge in [-0.25, -0.2) is 0 Å². The molecule has 0 aliphatic heterocycles. The van der Waals surface area contributed by atoms with Gasteiger partial charge in [-0.1, -0.05) is 22.9 Å². The van der Waals surface area contributed by atoms with E-state index in [1.54, 1.807) is 19.1 Å². The Morgan fingerprint density at radius 1 is 1.56 bits per heavy atom. The predicted octanol–water partition coefficient (Wildman–Crippen LogP) is 2.61. The van der Waals surface area contributed by atoms with Gasteiger partial charge in [-0.3, -0.25) is 10.1 Å². The standard InChI is InChI=1S/C12H17BrN2O3/c1-3-12(2,16)8-14-7-9-4-5-10(13)6-11(9)15(17)18/h4-6,14,16H,3,7-8H2,1-2H3. The number of aliphatic hydroxyl groups is 1. The van der Waals surface area contributed by atoms with Crippen molar-refractivity contribution in [1.29, 1.82) is 0 Å². The van der Waals surface area contributed by atoms with Gasteiger partial charge in [0.2, 0.25) is 0 Å². The van der Waals surface area contributed by atoms with Crippen molar-refractivity contribution in [2.24, 2.45) is 0 Å². The van der Waals surface area contributed by atoms with Crippen LogP contribution in [0.1, 0.15) is 25.8 Å². The van der Waals surface area contributed by atoms with E-state index in [1.165, 1.54) is 6.07 Å². The van der Waals surface area contributed by atoms with Gasteiger partial charge in [0.05, 0.1) is 10.5 Å². The zero-order valence-electron chi connectivity index (χ0n) is 10.4. The molecule has 5 nitrogen and oxygen atoms in total. The molecule has 0 spiro atoms. The van der Waals surface area contributed by atoms with Crippen LogP contribution in [0.2, 0.25) is 0 Å². The highest BCUT2D eigenvalue weighted by Gasteiger charge is 2.18. The van der Waals surface area contributed by atoms with E-state index in [0.29, 0.717) is 29.5 Å². The Balaban J connectivity index is 2.70. The first-order valence-electron chi connectivity index (χ1n) is 5.71. The molecule has 0 bridgehead atoms. The Hall–Kier alpha value is -0.980. The Kier molecular flexibility index (Phi) is 5.25. The molecular weight excluding hydrogens is 300 g/mol. The summed E-state index contributed by atoms with van der Waals surface area (Å²) in [6.07, 6.45) is 0.627. The van der Waals surface area contributed by atoms with Crippen molar-refractivity contribution >= 4 is 21.6 Å². The third kappa shape index (κ3) is 4.36. The lowest BCUT2D eigenvalue weighted by molar-refractivity contribution is -0.385. The normalized spacial score (nSPS) is 14.2. The second-order valence-corrected chi connectivity index (χ2v) is 5.40. The fourth-order valence-electron chi connectivity index (χ4n) is 1.45. The number of nitro groups is 1. The molecule has 0 amide bonds. The molecule has 6 heteroatoms. The SMILES string of the molecule is CCC(C)(O)CNCc1ccc(Br)cc1[N+](=O)[O-]. The average molecular weight is 317 g/mol. The van der Waals surface area contributed by atoms with Crippen LogP contribution in [0.5, 0.6) is 0 Å². The Labute approximate surface area is 114 Å². The summed E-state index contributed by atoms with van der Waals surface area (Å²) in [6.45, 7) is 4.39. The van der Waals surface area contributed by atoms with Crippen LogP contribution >= 0.6 is 15.9 Å². The van der Waals surface area contributed by atoms with Crippen molar-refractivity contribution in [3.8, 4) is 0 Å². The first-order valence-corrected chi connectivity index (χ1v) is 6.51. The van der Waals surface area contributed by atoms with Crippen LogP contribution in [-0.4, -0.2) is 22.2 Å². The highest BCUT2D eigenvalue weighted by atomic mass is 79.9. The summed E-state index contributed by atoms with van der Waals surface area (Å²) in [5, 5.41) is 23.8. The molecule has 0 saturated carbocycles. The maximum atomic E-state index is 10.9. The van der Waals surface area contributed by atoms with Gasteiger partial charge < -0.3 is 10.4 Å². The third-order valence-electron chi connectivity index (χ3n) is 2.83. The van der Waals surface area contributed by atoms with E-state index >= 15 is 0 Å². The number of benzene rings is 1. The number of rotatable bonds is 6. The van der Waals surface area contributed by atoms with Gasteiger partial charge in [-0.15, -0.1) is 0 Å². The minimum Gasteiger partial charge on any atom is -0.389 e. The number of nitro benzene ring substituents is 1. The van der Waals surface area contributed by atoms with Crippen LogP contribution in [0.15, 0.2) is 22.7 Å². The molecule has 18 heavy (non-hydrogen) atoms. The molecule has 1 aromatic rings. The molecule has 1 rings (SSSR count). The zero-order chi connectivity index (χ0) is 13.8. The number of hydrogen-bond acceptors (Lipinski definition) is 4. The maximum Gasteiger partial charge on any atom is 0.275 e. The van der Waals surface area contributed by atoms with Crippen molar-refractivity contribution in [3.63, 3.8) is 0 Å². The summed E-state index contributed by atoms with van der Waals surface area (Å²) >= 11 is 3.21. The molecule has 100 valence electrons. The predicted molar refractivity (Wildman–Crippen MR) is 73.4 cm³/mol. The second-order valence-electron chi connectivity index (χ2n) is 4.48. The Morgan fingerprint density at radius 2 is 2.22 bits per heavy atom. The molecule has 0 radical (unpaired) electrons. The number of halogens is 1. The second kappa shape index (κ2) is 6.26. The van der Waals surface area contributed by atoms with E-state index < -0.39 is 10.5 Å². The lowest BCUT2D eigenvalue weighted by atomic mass is 10.0. The van der Waals surface area contributed by atoms with Crippen molar-refractivity contribution in [3.05, 3.63) is 38.3 Å². The molecule has 0 aliphatic carbocycles. The summed E-state index contributed by atoms with van der Waals surface area (Å²) in [5.41, 5.74) is -0.104. The van der Waals surface area contributed by atoms with Gasteiger partial charge in [0.1, 0.15) is 0 Å². The number of hydrogen-bond donors (Lipinski definition) is 2. The quantitative estimate of drug-likeness (QED) is 0.625. The van der Waals surface area contributed by atoms with Crippen LogP contribution in [0.4, 0.5) is 5.69 Å². The summed E-state index contributed by atoms with van der Waals surface area (Å²) in [7, 11) is 0. The van der Waals surface area contributed by atoms with E-state index in [1.807, 2.05) is 6.92 Å². The first-order chi connectivity index (χ1) is 8.35. The van der Waals surface area contributed by atoms with Gasteiger partial charge in [-0.2, -0.15) is 0 Å². The van der Waals surface area contributed by atoms with Crippen molar-refractivity contribution in [2.75, 3.05) is 6.54 Å². The Bertz CT molecular complexity index is 435. The van der Waals surface area contributed by atoms with Gasteiger partial charge in [0, 0.05) is 29.2 Å². The fourth-order valence-corrected chi connectivity index (χ4v) is 1.80. The lowest BCUT2D eigenvalue weighted by Gasteiger charge is -2.21. The molecule has 0 saturated heterocycles. The molecule has 2 N–H and O–H groups in total. The third-order valence-corrected chi connectivity index (χ3v) is 3.32. The van der Waals surface area contributed by atoms with Crippen LogP contribution in [-0.2, 0) is 6.54 Å².